The van der Waals surface area contributed by atoms with Gasteiger partial charge in [-0.05, 0) is 17.5 Å². The van der Waals surface area contributed by atoms with Crippen LogP contribution in [-0.2, 0) is 14.1 Å². The van der Waals surface area contributed by atoms with Crippen LogP contribution in [0.4, 0.5) is 0 Å². The Morgan fingerprint density at radius 3 is 2.75 bits per heavy atom. The number of hydrogen-bond acceptors (Lipinski definition) is 2. The number of carboxylic acid groups (broad SMARTS) is 1. The lowest BCUT2D eigenvalue weighted by atomic mass is 10.4. The zero-order valence-electron chi connectivity index (χ0n) is 8.89. The van der Waals surface area contributed by atoms with Crippen LogP contribution in [0.25, 0.3) is 21.3 Å². The number of rotatable bonds is 1. The Hall–Kier alpha value is -1.75. The maximum atomic E-state index is 11.0. The molecule has 0 aliphatic carbocycles. The number of aryl methyl sites for hydroxylation is 2. The van der Waals surface area contributed by atoms with Crippen molar-refractivity contribution in [1.29, 1.82) is 0 Å². The number of fused-ring (bicyclic) bond motifs is 3. The molecule has 0 unspecified atom stereocenters. The summed E-state index contributed by atoms with van der Waals surface area (Å²) in [5, 5.41) is 11.1. The van der Waals surface area contributed by atoms with Crippen molar-refractivity contribution in [2.75, 3.05) is 0 Å². The molecule has 0 atom stereocenters. The van der Waals surface area contributed by atoms with Crippen LogP contribution in [0, 0.1) is 0 Å². The largest absolute Gasteiger partial charge is 0.477 e. The molecule has 0 saturated heterocycles. The molecule has 5 heteroatoms. The Morgan fingerprint density at radius 1 is 1.31 bits per heavy atom. The van der Waals surface area contributed by atoms with Gasteiger partial charge in [0.15, 0.2) is 0 Å². The van der Waals surface area contributed by atoms with Gasteiger partial charge in [-0.25, -0.2) is 4.79 Å². The van der Waals surface area contributed by atoms with Crippen molar-refractivity contribution < 1.29 is 9.90 Å². The van der Waals surface area contributed by atoms with E-state index in [1.54, 1.807) is 29.0 Å². The van der Waals surface area contributed by atoms with Crippen LogP contribution in [0.1, 0.15) is 10.5 Å². The van der Waals surface area contributed by atoms with Gasteiger partial charge >= 0.3 is 5.97 Å². The summed E-state index contributed by atoms with van der Waals surface area (Å²) in [6.45, 7) is 0. The number of nitrogens with zero attached hydrogens (tertiary/aromatic N) is 2. The molecule has 0 fully saturated rings. The van der Waals surface area contributed by atoms with E-state index in [0.717, 1.165) is 21.3 Å². The summed E-state index contributed by atoms with van der Waals surface area (Å²) in [7, 11) is 3.76. The van der Waals surface area contributed by atoms with Crippen LogP contribution in [0.5, 0.6) is 0 Å². The first-order valence-corrected chi connectivity index (χ1v) is 5.74. The molecule has 0 radical (unpaired) electrons. The van der Waals surface area contributed by atoms with Gasteiger partial charge in [-0.1, -0.05) is 0 Å². The third-order valence-corrected chi connectivity index (χ3v) is 3.92. The normalized spacial score (nSPS) is 11.6. The molecule has 0 amide bonds. The van der Waals surface area contributed by atoms with Crippen molar-refractivity contribution in [2.24, 2.45) is 14.1 Å². The second-order valence-corrected chi connectivity index (χ2v) is 4.74. The molecule has 0 bridgehead atoms. The maximum Gasteiger partial charge on any atom is 0.352 e. The van der Waals surface area contributed by atoms with E-state index < -0.39 is 5.97 Å². The molecule has 0 spiro atoms. The average molecular weight is 234 g/mol. The highest BCUT2D eigenvalue weighted by Crippen LogP contribution is 2.33. The van der Waals surface area contributed by atoms with Crippen molar-refractivity contribution in [1.82, 2.24) is 9.13 Å². The minimum Gasteiger partial charge on any atom is -0.477 e. The van der Waals surface area contributed by atoms with E-state index in [0.29, 0.717) is 5.69 Å². The first-order valence-electron chi connectivity index (χ1n) is 4.86. The zero-order valence-corrected chi connectivity index (χ0v) is 9.71. The molecule has 0 aliphatic rings. The molecule has 16 heavy (non-hydrogen) atoms. The molecular formula is C11H10N2O2S. The van der Waals surface area contributed by atoms with Gasteiger partial charge in [0.05, 0.1) is 21.3 Å². The molecule has 1 N–H and O–H groups in total. The summed E-state index contributed by atoms with van der Waals surface area (Å²) < 4.78 is 4.93. The second-order valence-electron chi connectivity index (χ2n) is 3.82. The van der Waals surface area contributed by atoms with Gasteiger partial charge in [-0.3, -0.25) is 0 Å². The fourth-order valence-electron chi connectivity index (χ4n) is 2.19. The van der Waals surface area contributed by atoms with Crippen LogP contribution in [0.15, 0.2) is 17.5 Å². The summed E-state index contributed by atoms with van der Waals surface area (Å²) in [5.41, 5.74) is 3.46. The molecule has 3 heterocycles. The summed E-state index contributed by atoms with van der Waals surface area (Å²) in [4.78, 5) is 11.0. The van der Waals surface area contributed by atoms with Gasteiger partial charge in [-0.2, -0.15) is 0 Å². The first kappa shape index (κ1) is 9.47. The Bertz CT molecular complexity index is 717. The zero-order chi connectivity index (χ0) is 11.4. The van der Waals surface area contributed by atoms with Gasteiger partial charge in [0.2, 0.25) is 0 Å². The number of carbonyl (C=O) groups is 1. The van der Waals surface area contributed by atoms with Gasteiger partial charge < -0.3 is 14.2 Å². The van der Waals surface area contributed by atoms with E-state index in [-0.39, 0.29) is 0 Å². The summed E-state index contributed by atoms with van der Waals surface area (Å²) >= 11 is 1.64. The molecule has 4 nitrogen and oxygen atoms in total. The minimum absolute atomic E-state index is 0.330. The number of aromatic carboxylic acids is 1. The highest BCUT2D eigenvalue weighted by molar-refractivity contribution is 7.18. The Morgan fingerprint density at radius 2 is 2.06 bits per heavy atom. The highest BCUT2D eigenvalue weighted by Gasteiger charge is 2.18. The van der Waals surface area contributed by atoms with E-state index in [1.165, 1.54) is 0 Å². The van der Waals surface area contributed by atoms with Crippen LogP contribution < -0.4 is 0 Å². The summed E-state index contributed by atoms with van der Waals surface area (Å²) in [6, 6.07) is 3.78. The predicted molar refractivity (Wildman–Crippen MR) is 64.2 cm³/mol. The van der Waals surface area contributed by atoms with E-state index in [9.17, 15) is 4.79 Å². The molecular weight excluding hydrogens is 224 g/mol. The molecule has 82 valence electrons. The highest BCUT2D eigenvalue weighted by atomic mass is 32.1. The fourth-order valence-corrected chi connectivity index (χ4v) is 3.20. The molecule has 0 aliphatic heterocycles. The average Bonchev–Trinajstić information content (AvgIpc) is 2.84. The Balaban J connectivity index is 2.56. The first-order chi connectivity index (χ1) is 7.61. The number of thiophene rings is 1. The topological polar surface area (TPSA) is 47.2 Å². The van der Waals surface area contributed by atoms with Crippen molar-refractivity contribution in [2.45, 2.75) is 0 Å². The molecule has 3 rings (SSSR count). The van der Waals surface area contributed by atoms with E-state index in [1.807, 2.05) is 17.0 Å². The van der Waals surface area contributed by atoms with E-state index in [2.05, 4.69) is 6.07 Å². The van der Waals surface area contributed by atoms with Gasteiger partial charge in [0.25, 0.3) is 0 Å². The van der Waals surface area contributed by atoms with Gasteiger partial charge in [0, 0.05) is 14.1 Å². The smallest absolute Gasteiger partial charge is 0.352 e. The third-order valence-electron chi connectivity index (χ3n) is 3.01. The Kier molecular flexibility index (Phi) is 1.71. The monoisotopic (exact) mass is 234 g/mol. The van der Waals surface area contributed by atoms with Gasteiger partial charge in [-0.15, -0.1) is 11.3 Å². The lowest BCUT2D eigenvalue weighted by Crippen LogP contribution is -2.03. The lowest BCUT2D eigenvalue weighted by molar-refractivity contribution is 0.0687. The number of hydrogen-bond donors (Lipinski definition) is 1. The van der Waals surface area contributed by atoms with Gasteiger partial charge in [0.1, 0.15) is 5.69 Å². The summed E-state index contributed by atoms with van der Waals surface area (Å²) in [6.07, 6.45) is 0. The van der Waals surface area contributed by atoms with Crippen LogP contribution in [0.3, 0.4) is 0 Å². The van der Waals surface area contributed by atoms with Crippen molar-refractivity contribution in [3.63, 3.8) is 0 Å². The SMILES string of the molecule is Cn1c(C(=O)O)cc2c1c1sccc1n2C. The van der Waals surface area contributed by atoms with Crippen LogP contribution in [-0.4, -0.2) is 20.2 Å². The maximum absolute atomic E-state index is 11.0. The third kappa shape index (κ3) is 0.957. The quantitative estimate of drug-likeness (QED) is 0.703. The molecule has 3 aromatic rings. The molecule has 0 aromatic carbocycles. The van der Waals surface area contributed by atoms with E-state index in [4.69, 9.17) is 5.11 Å². The minimum atomic E-state index is -0.886. The fraction of sp³-hybridized carbons (Fsp3) is 0.182. The lowest BCUT2D eigenvalue weighted by Gasteiger charge is -1.96. The molecule has 0 saturated carbocycles. The second kappa shape index (κ2) is 2.89. The Labute approximate surface area is 95.3 Å². The standard InChI is InChI=1S/C11H10N2O2S/c1-12-6-3-4-16-10(6)9-7(12)5-8(11(14)15)13(9)2/h3-5H,1-2H3,(H,14,15). The van der Waals surface area contributed by atoms with Crippen molar-refractivity contribution in [3.8, 4) is 0 Å². The number of carboxylic acids is 1. The number of aromatic nitrogens is 2. The van der Waals surface area contributed by atoms with Crippen molar-refractivity contribution >= 4 is 38.6 Å². The van der Waals surface area contributed by atoms with E-state index >= 15 is 0 Å². The molecule has 3 aromatic heterocycles. The van der Waals surface area contributed by atoms with Crippen LogP contribution in [0.2, 0.25) is 0 Å². The summed E-state index contributed by atoms with van der Waals surface area (Å²) in [5.74, 6) is -0.886. The van der Waals surface area contributed by atoms with Crippen molar-refractivity contribution in [3.05, 3.63) is 23.2 Å². The van der Waals surface area contributed by atoms with Crippen LogP contribution >= 0.6 is 11.3 Å². The predicted octanol–water partition coefficient (Wildman–Crippen LogP) is 2.43.